The Morgan fingerprint density at radius 1 is 1.24 bits per heavy atom. The van der Waals surface area contributed by atoms with Crippen molar-refractivity contribution in [2.24, 2.45) is 5.10 Å². The Morgan fingerprint density at radius 2 is 2.03 bits per heavy atom. The van der Waals surface area contributed by atoms with E-state index in [0.717, 1.165) is 21.7 Å². The van der Waals surface area contributed by atoms with Gasteiger partial charge in [-0.1, -0.05) is 0 Å². The predicted octanol–water partition coefficient (Wildman–Crippen LogP) is 3.36. The minimum absolute atomic E-state index is 0.0261. The van der Waals surface area contributed by atoms with Gasteiger partial charge in [0, 0.05) is 36.5 Å². The minimum atomic E-state index is -0.395. The quantitative estimate of drug-likeness (QED) is 0.753. The molecule has 4 rings (SSSR count). The highest BCUT2D eigenvalue weighted by Gasteiger charge is 2.39. The van der Waals surface area contributed by atoms with E-state index in [4.69, 9.17) is 9.47 Å². The number of nitrogens with zero attached hydrogens (tertiary/aromatic N) is 4. The second-order valence-corrected chi connectivity index (χ2v) is 8.58. The van der Waals surface area contributed by atoms with Crippen LogP contribution in [0.3, 0.4) is 0 Å². The molecule has 0 unspecified atom stereocenters. The molecule has 152 valence electrons. The standard InChI is InChI=1S/C21H24N4O3S/c1-21(2)10-16(14-5-6-17(27-3)18(9-14)28-4)23-25(21)20(26)13-24-8-7-19-15(12-24)11-22-29-19/h5-9,11H,10,12-13H2,1-4H3. The maximum absolute atomic E-state index is 13.1. The second-order valence-electron chi connectivity index (χ2n) is 7.75. The van der Waals surface area contributed by atoms with Gasteiger partial charge in [0.25, 0.3) is 5.91 Å². The fourth-order valence-electron chi connectivity index (χ4n) is 3.66. The summed E-state index contributed by atoms with van der Waals surface area (Å²) in [6.07, 6.45) is 6.51. The van der Waals surface area contributed by atoms with Crippen molar-refractivity contribution in [1.29, 1.82) is 0 Å². The van der Waals surface area contributed by atoms with Crippen molar-refractivity contribution in [2.45, 2.75) is 32.4 Å². The molecule has 0 fully saturated rings. The van der Waals surface area contributed by atoms with Crippen LogP contribution >= 0.6 is 11.5 Å². The average molecular weight is 413 g/mol. The van der Waals surface area contributed by atoms with E-state index < -0.39 is 5.54 Å². The lowest BCUT2D eigenvalue weighted by Gasteiger charge is -2.31. The first-order valence-electron chi connectivity index (χ1n) is 9.40. The van der Waals surface area contributed by atoms with Crippen molar-refractivity contribution in [3.05, 3.63) is 46.6 Å². The van der Waals surface area contributed by atoms with Gasteiger partial charge in [-0.15, -0.1) is 0 Å². The number of aromatic nitrogens is 1. The molecule has 29 heavy (non-hydrogen) atoms. The molecule has 3 heterocycles. The molecule has 0 spiro atoms. The van der Waals surface area contributed by atoms with Crippen molar-refractivity contribution in [2.75, 3.05) is 20.8 Å². The molecule has 7 nitrogen and oxygen atoms in total. The van der Waals surface area contributed by atoms with E-state index >= 15 is 0 Å². The Bertz CT molecular complexity index is 996. The van der Waals surface area contributed by atoms with E-state index in [9.17, 15) is 4.79 Å². The molecule has 0 saturated heterocycles. The lowest BCUT2D eigenvalue weighted by atomic mass is 9.94. The smallest absolute Gasteiger partial charge is 0.262 e. The minimum Gasteiger partial charge on any atom is -0.493 e. The summed E-state index contributed by atoms with van der Waals surface area (Å²) < 4.78 is 14.9. The second kappa shape index (κ2) is 7.51. The summed E-state index contributed by atoms with van der Waals surface area (Å²) in [7, 11) is 3.22. The van der Waals surface area contributed by atoms with Gasteiger partial charge < -0.3 is 14.4 Å². The maximum Gasteiger partial charge on any atom is 0.262 e. The van der Waals surface area contributed by atoms with E-state index in [1.165, 1.54) is 11.5 Å². The van der Waals surface area contributed by atoms with Crippen LogP contribution in [0.5, 0.6) is 11.5 Å². The van der Waals surface area contributed by atoms with Gasteiger partial charge >= 0.3 is 0 Å². The monoisotopic (exact) mass is 412 g/mol. The van der Waals surface area contributed by atoms with Crippen LogP contribution in [0.25, 0.3) is 6.08 Å². The van der Waals surface area contributed by atoms with E-state index in [2.05, 4.69) is 9.47 Å². The van der Waals surface area contributed by atoms with Gasteiger partial charge in [-0.3, -0.25) is 4.79 Å². The molecular weight excluding hydrogens is 388 g/mol. The topological polar surface area (TPSA) is 67.3 Å². The Morgan fingerprint density at radius 3 is 2.79 bits per heavy atom. The Kier molecular flexibility index (Phi) is 5.04. The van der Waals surface area contributed by atoms with Gasteiger partial charge in [0.05, 0.1) is 36.9 Å². The third-order valence-corrected chi connectivity index (χ3v) is 5.98. The van der Waals surface area contributed by atoms with Crippen molar-refractivity contribution in [3.8, 4) is 11.5 Å². The number of fused-ring (bicyclic) bond motifs is 1. The van der Waals surface area contributed by atoms with Crippen molar-refractivity contribution >= 4 is 29.2 Å². The summed E-state index contributed by atoms with van der Waals surface area (Å²) in [5.41, 5.74) is 2.55. The number of hydrazone groups is 1. The first-order chi connectivity index (χ1) is 13.9. The van der Waals surface area contributed by atoms with Crippen LogP contribution in [0, 0.1) is 0 Å². The van der Waals surface area contributed by atoms with Gasteiger partial charge in [0.15, 0.2) is 11.5 Å². The van der Waals surface area contributed by atoms with Crippen LogP contribution in [0.15, 0.2) is 35.7 Å². The van der Waals surface area contributed by atoms with Crippen molar-refractivity contribution in [1.82, 2.24) is 14.3 Å². The summed E-state index contributed by atoms with van der Waals surface area (Å²) in [5, 5.41) is 6.30. The molecule has 0 radical (unpaired) electrons. The Labute approximate surface area is 174 Å². The zero-order valence-electron chi connectivity index (χ0n) is 17.0. The molecule has 0 aliphatic carbocycles. The molecule has 0 saturated carbocycles. The summed E-state index contributed by atoms with van der Waals surface area (Å²) in [6, 6.07) is 5.71. The number of methoxy groups -OCH3 is 2. The van der Waals surface area contributed by atoms with Gasteiger partial charge in [-0.25, -0.2) is 9.38 Å². The van der Waals surface area contributed by atoms with E-state index in [1.807, 2.05) is 55.4 Å². The van der Waals surface area contributed by atoms with Gasteiger partial charge in [0.1, 0.15) is 0 Å². The molecular formula is C21H24N4O3S. The highest BCUT2D eigenvalue weighted by Crippen LogP contribution is 2.34. The van der Waals surface area contributed by atoms with Crippen LogP contribution in [0.4, 0.5) is 0 Å². The molecule has 2 aliphatic rings. The highest BCUT2D eigenvalue weighted by molar-refractivity contribution is 7.06. The normalized spacial score (nSPS) is 17.2. The lowest BCUT2D eigenvalue weighted by molar-refractivity contribution is -0.136. The zero-order chi connectivity index (χ0) is 20.6. The average Bonchev–Trinajstić information content (AvgIpc) is 3.30. The number of benzene rings is 1. The Hall–Kier alpha value is -2.87. The van der Waals surface area contributed by atoms with E-state index in [1.54, 1.807) is 19.2 Å². The zero-order valence-corrected chi connectivity index (χ0v) is 17.8. The van der Waals surface area contributed by atoms with E-state index in [-0.39, 0.29) is 12.5 Å². The summed E-state index contributed by atoms with van der Waals surface area (Å²) in [5.74, 6) is 1.29. The highest BCUT2D eigenvalue weighted by atomic mass is 32.1. The number of ether oxygens (including phenoxy) is 2. The number of hydrogen-bond acceptors (Lipinski definition) is 7. The van der Waals surface area contributed by atoms with Crippen molar-refractivity contribution < 1.29 is 14.3 Å². The number of rotatable bonds is 5. The van der Waals surface area contributed by atoms with Gasteiger partial charge in [-0.2, -0.15) is 5.10 Å². The Balaban J connectivity index is 1.52. The summed E-state index contributed by atoms with van der Waals surface area (Å²) >= 11 is 1.47. The molecule has 1 amide bonds. The van der Waals surface area contributed by atoms with Crippen LogP contribution in [0.2, 0.25) is 0 Å². The SMILES string of the molecule is COc1ccc(C2=NN(C(=O)CN3C=Cc4sncc4C3)C(C)(C)C2)cc1OC. The number of carbonyl (C=O) groups excluding carboxylic acids is 1. The van der Waals surface area contributed by atoms with E-state index in [0.29, 0.717) is 24.5 Å². The lowest BCUT2D eigenvalue weighted by Crippen LogP contribution is -2.45. The summed E-state index contributed by atoms with van der Waals surface area (Å²) in [4.78, 5) is 16.2. The molecule has 0 atom stereocenters. The number of hydrogen-bond donors (Lipinski definition) is 0. The molecule has 8 heteroatoms. The van der Waals surface area contributed by atoms with Crippen molar-refractivity contribution in [3.63, 3.8) is 0 Å². The number of amides is 1. The largest absolute Gasteiger partial charge is 0.493 e. The van der Waals surface area contributed by atoms with Crippen LogP contribution in [-0.4, -0.2) is 52.2 Å². The molecule has 0 bridgehead atoms. The molecule has 0 N–H and O–H groups in total. The van der Waals surface area contributed by atoms with Crippen LogP contribution in [0.1, 0.15) is 36.3 Å². The van der Waals surface area contributed by atoms with Crippen LogP contribution < -0.4 is 9.47 Å². The summed E-state index contributed by atoms with van der Waals surface area (Å²) in [6.45, 7) is 5.04. The molecule has 2 aliphatic heterocycles. The molecule has 1 aromatic carbocycles. The third-order valence-electron chi connectivity index (χ3n) is 5.17. The van der Waals surface area contributed by atoms with Gasteiger partial charge in [0.2, 0.25) is 0 Å². The maximum atomic E-state index is 13.1. The first-order valence-corrected chi connectivity index (χ1v) is 10.2. The first kappa shape index (κ1) is 19.4. The fourth-order valence-corrected chi connectivity index (χ4v) is 4.31. The van der Waals surface area contributed by atoms with Crippen LogP contribution in [-0.2, 0) is 11.3 Å². The third kappa shape index (κ3) is 3.72. The molecule has 2 aromatic rings. The predicted molar refractivity (Wildman–Crippen MR) is 113 cm³/mol. The molecule has 1 aromatic heterocycles. The fraction of sp³-hybridized carbons (Fsp3) is 0.381. The number of carbonyl (C=O) groups is 1. The van der Waals surface area contributed by atoms with Gasteiger partial charge in [-0.05, 0) is 49.7 Å².